The molecule has 9 heavy (non-hydrogen) atoms. The Morgan fingerprint density at radius 2 is 2.22 bits per heavy atom. The summed E-state index contributed by atoms with van der Waals surface area (Å²) >= 11 is 3.84. The molecule has 2 nitrogen and oxygen atoms in total. The predicted molar refractivity (Wildman–Crippen MR) is 51.9 cm³/mol. The summed E-state index contributed by atoms with van der Waals surface area (Å²) in [6, 6.07) is 0. The number of aliphatic carboxylic acids is 1. The summed E-state index contributed by atoms with van der Waals surface area (Å²) < 4.78 is 0. The summed E-state index contributed by atoms with van der Waals surface area (Å²) in [5.74, 6) is -0.635. The van der Waals surface area contributed by atoms with Crippen LogP contribution in [0.15, 0.2) is 0 Å². The van der Waals surface area contributed by atoms with Crippen LogP contribution in [-0.4, -0.2) is 16.8 Å². The molecule has 0 aromatic rings. The fourth-order valence-electron chi connectivity index (χ4n) is 0.107. The molecule has 0 heterocycles. The molecule has 0 saturated heterocycles. The Hall–Kier alpha value is 1.22. The third kappa shape index (κ3) is 9.22. The lowest BCUT2D eigenvalue weighted by atomic mass is 10.8. The molecule has 0 rings (SSSR count). The van der Waals surface area contributed by atoms with Gasteiger partial charge in [0.05, 0.1) is 0 Å². The molecule has 0 saturated carbocycles. The summed E-state index contributed by atoms with van der Waals surface area (Å²) in [4.78, 5) is 9.89. The largest absolute Gasteiger partial charge is 0.481 e. The van der Waals surface area contributed by atoms with Gasteiger partial charge < -0.3 is 5.11 Å². The molecule has 0 aromatic heterocycles. The van der Waals surface area contributed by atoms with E-state index in [1.165, 1.54) is 40.3 Å². The molecule has 0 radical (unpaired) electrons. The summed E-state index contributed by atoms with van der Waals surface area (Å²) in [7, 11) is 5.48. The maximum Gasteiger partial charge on any atom is 0.314 e. The quantitative estimate of drug-likeness (QED) is 0.421. The Balaban J connectivity index is 2.83. The Kier molecular flexibility index (Phi) is 8.32. The average molecular weight is 220 g/mol. The monoisotopic (exact) mass is 220 g/mol. The van der Waals surface area contributed by atoms with E-state index in [0.29, 0.717) is 0 Å². The molecule has 54 valence electrons. The van der Waals surface area contributed by atoms with E-state index >= 15 is 0 Å². The Labute approximate surface area is 73.3 Å². The van der Waals surface area contributed by atoms with Crippen molar-refractivity contribution < 1.29 is 9.90 Å². The highest BCUT2D eigenvalue weighted by Gasteiger charge is 1.96. The molecule has 0 aliphatic rings. The number of carbonyl (C=O) groups is 1. The number of rotatable bonds is 5. The van der Waals surface area contributed by atoms with E-state index in [9.17, 15) is 4.79 Å². The zero-order chi connectivity index (χ0) is 7.11. The highest BCUT2D eigenvalue weighted by atomic mass is 33.8. The first-order valence-electron chi connectivity index (χ1n) is 1.75. The zero-order valence-corrected chi connectivity index (χ0v) is 8.30. The fraction of sp³-hybridized carbons (Fsp3) is 0.500. The number of hydrogen-bond acceptors (Lipinski definition) is 6. The second-order valence-corrected chi connectivity index (χ2v) is 7.57. The Morgan fingerprint density at radius 3 is 2.67 bits per heavy atom. The normalized spacial score (nSPS) is 9.44. The van der Waals surface area contributed by atoms with E-state index < -0.39 is 5.97 Å². The summed E-state index contributed by atoms with van der Waals surface area (Å²) in [5, 5.41) is 8.14. The third-order valence-corrected chi connectivity index (χ3v) is 6.91. The van der Waals surface area contributed by atoms with Crippen molar-refractivity contribution in [2.75, 3.05) is 5.75 Å². The molecule has 0 fully saturated rings. The molecular formula is C2H4O2S5. The minimum Gasteiger partial charge on any atom is -0.481 e. The molecule has 7 heteroatoms. The van der Waals surface area contributed by atoms with Gasteiger partial charge in [0.15, 0.2) is 0 Å². The first-order valence-corrected chi connectivity index (χ1v) is 7.79. The lowest BCUT2D eigenvalue weighted by molar-refractivity contribution is -0.133. The Morgan fingerprint density at radius 1 is 1.56 bits per heavy atom. The number of carboxylic acid groups (broad SMARTS) is 1. The third-order valence-electron chi connectivity index (χ3n) is 0.289. The van der Waals surface area contributed by atoms with E-state index in [-0.39, 0.29) is 5.75 Å². The van der Waals surface area contributed by atoms with Gasteiger partial charge in [-0.15, -0.1) is 0 Å². The second kappa shape index (κ2) is 7.33. The summed E-state index contributed by atoms with van der Waals surface area (Å²) in [6.45, 7) is 0. The Bertz CT molecular complexity index is 85.0. The van der Waals surface area contributed by atoms with Crippen molar-refractivity contribution in [3.8, 4) is 0 Å². The molecule has 1 N–H and O–H groups in total. The summed E-state index contributed by atoms with van der Waals surface area (Å²) in [6.07, 6.45) is 0. The SMILES string of the molecule is O=C(O)CSSSSS. The van der Waals surface area contributed by atoms with Crippen LogP contribution in [0.2, 0.25) is 0 Å². The van der Waals surface area contributed by atoms with Gasteiger partial charge in [-0.2, -0.15) is 0 Å². The summed E-state index contributed by atoms with van der Waals surface area (Å²) in [5.41, 5.74) is 0. The molecule has 0 amide bonds. The van der Waals surface area contributed by atoms with Crippen LogP contribution < -0.4 is 0 Å². The van der Waals surface area contributed by atoms with E-state index in [2.05, 4.69) is 11.7 Å². The van der Waals surface area contributed by atoms with E-state index in [0.717, 1.165) is 0 Å². The van der Waals surface area contributed by atoms with Crippen molar-refractivity contribution in [2.24, 2.45) is 0 Å². The van der Waals surface area contributed by atoms with Crippen molar-refractivity contribution >= 4 is 57.9 Å². The van der Waals surface area contributed by atoms with Crippen LogP contribution in [0.5, 0.6) is 0 Å². The number of thiol groups is 1. The van der Waals surface area contributed by atoms with E-state index in [1.54, 1.807) is 0 Å². The van der Waals surface area contributed by atoms with Crippen LogP contribution in [0.3, 0.4) is 0 Å². The molecule has 0 bridgehead atoms. The van der Waals surface area contributed by atoms with Crippen molar-refractivity contribution in [3.05, 3.63) is 0 Å². The average Bonchev–Trinajstić information content (AvgIpc) is 1.80. The van der Waals surface area contributed by atoms with Crippen molar-refractivity contribution in [1.29, 1.82) is 0 Å². The van der Waals surface area contributed by atoms with Crippen LogP contribution in [0.25, 0.3) is 0 Å². The van der Waals surface area contributed by atoms with Crippen molar-refractivity contribution in [1.82, 2.24) is 0 Å². The highest BCUT2D eigenvalue weighted by Crippen LogP contribution is 2.44. The first-order chi connectivity index (χ1) is 4.27. The van der Waals surface area contributed by atoms with Gasteiger partial charge in [0, 0.05) is 0 Å². The van der Waals surface area contributed by atoms with Crippen LogP contribution in [0, 0.1) is 0 Å². The van der Waals surface area contributed by atoms with Gasteiger partial charge in [0.25, 0.3) is 0 Å². The van der Waals surface area contributed by atoms with Crippen molar-refractivity contribution in [3.63, 3.8) is 0 Å². The van der Waals surface area contributed by atoms with Crippen LogP contribution in [0.4, 0.5) is 0 Å². The molecule has 0 atom stereocenters. The predicted octanol–water partition coefficient (Wildman–Crippen LogP) is 2.59. The smallest absolute Gasteiger partial charge is 0.314 e. The van der Waals surface area contributed by atoms with Gasteiger partial charge in [0.1, 0.15) is 5.75 Å². The van der Waals surface area contributed by atoms with Crippen LogP contribution in [-0.2, 0) is 4.79 Å². The van der Waals surface area contributed by atoms with E-state index in [1.807, 2.05) is 0 Å². The first kappa shape index (κ1) is 10.2. The van der Waals surface area contributed by atoms with Gasteiger partial charge in [-0.3, -0.25) is 4.79 Å². The maximum absolute atomic E-state index is 9.89. The van der Waals surface area contributed by atoms with Crippen molar-refractivity contribution in [2.45, 2.75) is 0 Å². The number of hydrogen-bond donors (Lipinski definition) is 2. The maximum atomic E-state index is 9.89. The van der Waals surface area contributed by atoms with Gasteiger partial charge >= 0.3 is 5.97 Å². The van der Waals surface area contributed by atoms with Crippen LogP contribution in [0.1, 0.15) is 0 Å². The fourth-order valence-corrected chi connectivity index (χ4v) is 5.71. The minimum atomic E-state index is -0.780. The molecule has 0 spiro atoms. The van der Waals surface area contributed by atoms with Gasteiger partial charge in [-0.1, -0.05) is 22.5 Å². The topological polar surface area (TPSA) is 37.3 Å². The standard InChI is InChI=1S/C2H4O2S5/c3-2(4)1-6-8-9-7-5/h5H,1H2,(H,3,4). The molecule has 0 aliphatic heterocycles. The molecular weight excluding hydrogens is 216 g/mol. The van der Waals surface area contributed by atoms with Gasteiger partial charge in [0.2, 0.25) is 0 Å². The minimum absolute atomic E-state index is 0.145. The van der Waals surface area contributed by atoms with Gasteiger partial charge in [-0.05, 0) is 29.5 Å². The highest BCUT2D eigenvalue weighted by molar-refractivity contribution is 9.34. The molecule has 0 aliphatic carbocycles. The lowest BCUT2D eigenvalue weighted by Crippen LogP contribution is -1.95. The van der Waals surface area contributed by atoms with Gasteiger partial charge in [-0.25, -0.2) is 0 Å². The molecule has 0 unspecified atom stereocenters. The molecule has 0 aromatic carbocycles. The number of carboxylic acids is 1. The van der Waals surface area contributed by atoms with Crippen LogP contribution >= 0.6 is 51.9 Å². The lowest BCUT2D eigenvalue weighted by Gasteiger charge is -1.90. The van der Waals surface area contributed by atoms with E-state index in [4.69, 9.17) is 5.11 Å². The zero-order valence-electron chi connectivity index (χ0n) is 4.14. The second-order valence-electron chi connectivity index (χ2n) is 0.867.